The number of nitrogens with one attached hydrogen (secondary N) is 1. The summed E-state index contributed by atoms with van der Waals surface area (Å²) in [5.41, 5.74) is 0. The van der Waals surface area contributed by atoms with E-state index in [4.69, 9.17) is 5.11 Å². The fourth-order valence-corrected chi connectivity index (χ4v) is 3.75. The van der Waals surface area contributed by atoms with Crippen LogP contribution in [-0.2, 0) is 4.79 Å². The second-order valence-electron chi connectivity index (χ2n) is 9.71. The number of carboxylic acid groups (broad SMARTS) is 1. The van der Waals surface area contributed by atoms with Gasteiger partial charge in [0, 0.05) is 19.5 Å². The summed E-state index contributed by atoms with van der Waals surface area (Å²) < 4.78 is 0. The summed E-state index contributed by atoms with van der Waals surface area (Å²) in [5.74, 6) is -0.657. The molecule has 194 valence electrons. The van der Waals surface area contributed by atoms with Crippen LogP contribution in [0.4, 0.5) is 0 Å². The Balaban J connectivity index is 0. The van der Waals surface area contributed by atoms with E-state index >= 15 is 0 Å². The molecule has 0 atom stereocenters. The van der Waals surface area contributed by atoms with Gasteiger partial charge in [0.2, 0.25) is 0 Å². The van der Waals surface area contributed by atoms with E-state index in [1.807, 2.05) is 0 Å². The fourth-order valence-electron chi connectivity index (χ4n) is 3.75. The molecule has 0 aromatic rings. The minimum Gasteiger partial charge on any atom is -0.481 e. The van der Waals surface area contributed by atoms with Crippen molar-refractivity contribution in [1.29, 1.82) is 0 Å². The highest BCUT2D eigenvalue weighted by molar-refractivity contribution is 5.66. The van der Waals surface area contributed by atoms with Gasteiger partial charge >= 0.3 is 5.97 Å². The summed E-state index contributed by atoms with van der Waals surface area (Å²) in [7, 11) is 4.25. The molecule has 2 N–H and O–H groups in total. The van der Waals surface area contributed by atoms with Crippen LogP contribution in [0.15, 0.2) is 0 Å². The number of rotatable bonds is 24. The molecule has 0 radical (unpaired) electrons. The molecule has 0 aliphatic heterocycles. The average Bonchev–Trinajstić information content (AvgIpc) is 2.76. The summed E-state index contributed by atoms with van der Waals surface area (Å²) in [6.45, 7) is 8.00. The number of hydrogen-bond donors (Lipinski definition) is 2. The lowest BCUT2D eigenvalue weighted by molar-refractivity contribution is -0.137. The highest BCUT2D eigenvalue weighted by Gasteiger charge is 1.96. The summed E-state index contributed by atoms with van der Waals surface area (Å²) in [6.07, 6.45) is 25.7. The largest absolute Gasteiger partial charge is 0.481 e. The van der Waals surface area contributed by atoms with Crippen molar-refractivity contribution in [1.82, 2.24) is 10.2 Å². The van der Waals surface area contributed by atoms with Crippen molar-refractivity contribution in [2.45, 2.75) is 142 Å². The molecule has 4 heteroatoms. The van der Waals surface area contributed by atoms with E-state index in [1.165, 1.54) is 116 Å². The van der Waals surface area contributed by atoms with Crippen molar-refractivity contribution < 1.29 is 9.90 Å². The van der Waals surface area contributed by atoms with Crippen LogP contribution in [0.3, 0.4) is 0 Å². The van der Waals surface area contributed by atoms with Crippen LogP contribution in [0.25, 0.3) is 0 Å². The maximum Gasteiger partial charge on any atom is 0.303 e. The third-order valence-electron chi connectivity index (χ3n) is 5.94. The molecule has 0 amide bonds. The molecule has 0 saturated heterocycles. The lowest BCUT2D eigenvalue weighted by atomic mass is 10.1. The van der Waals surface area contributed by atoms with E-state index in [2.05, 4.69) is 38.2 Å². The fraction of sp³-hybridized carbons (Fsp3) is 0.964. The van der Waals surface area contributed by atoms with Gasteiger partial charge in [-0.05, 0) is 33.5 Å². The third-order valence-corrected chi connectivity index (χ3v) is 5.94. The molecule has 0 unspecified atom stereocenters. The number of carboxylic acids is 1. The molecule has 0 aliphatic carbocycles. The quantitative estimate of drug-likeness (QED) is 0.144. The summed E-state index contributed by atoms with van der Waals surface area (Å²) in [5, 5.41) is 11.9. The van der Waals surface area contributed by atoms with E-state index in [0.29, 0.717) is 6.42 Å². The van der Waals surface area contributed by atoms with Gasteiger partial charge < -0.3 is 15.3 Å². The summed E-state index contributed by atoms with van der Waals surface area (Å²) in [4.78, 5) is 12.5. The lowest BCUT2D eigenvalue weighted by Crippen LogP contribution is -2.27. The van der Waals surface area contributed by atoms with Gasteiger partial charge in [-0.2, -0.15) is 0 Å². The van der Waals surface area contributed by atoms with E-state index in [-0.39, 0.29) is 0 Å². The van der Waals surface area contributed by atoms with E-state index in [9.17, 15) is 4.79 Å². The molecule has 0 aromatic heterocycles. The zero-order valence-corrected chi connectivity index (χ0v) is 22.6. The molecular weight excluding hydrogens is 396 g/mol. The predicted molar refractivity (Wildman–Crippen MR) is 143 cm³/mol. The highest BCUT2D eigenvalue weighted by Crippen LogP contribution is 2.11. The Morgan fingerprint density at radius 3 is 1.34 bits per heavy atom. The number of hydrogen-bond acceptors (Lipinski definition) is 3. The number of nitrogens with zero attached hydrogens (tertiary/aromatic N) is 1. The first-order valence-electron chi connectivity index (χ1n) is 14.1. The first kappa shape index (κ1) is 33.6. The molecule has 32 heavy (non-hydrogen) atoms. The summed E-state index contributed by atoms with van der Waals surface area (Å²) >= 11 is 0. The Bertz CT molecular complexity index is 348. The maximum atomic E-state index is 10.3. The summed E-state index contributed by atoms with van der Waals surface area (Å²) in [6, 6.07) is 0. The predicted octanol–water partition coefficient (Wildman–Crippen LogP) is 8.05. The smallest absolute Gasteiger partial charge is 0.303 e. The Morgan fingerprint density at radius 2 is 0.969 bits per heavy atom. The maximum absolute atomic E-state index is 10.3. The van der Waals surface area contributed by atoms with Crippen LogP contribution in [-0.4, -0.2) is 49.7 Å². The molecule has 0 spiro atoms. The zero-order chi connectivity index (χ0) is 24.1. The average molecular weight is 457 g/mol. The second kappa shape index (κ2) is 30.4. The van der Waals surface area contributed by atoms with Crippen molar-refractivity contribution >= 4 is 5.97 Å². The Morgan fingerprint density at radius 1 is 0.594 bits per heavy atom. The van der Waals surface area contributed by atoms with Gasteiger partial charge in [-0.15, -0.1) is 0 Å². The number of carbonyl (C=O) groups is 1. The first-order valence-corrected chi connectivity index (χ1v) is 14.1. The molecule has 0 bridgehead atoms. The molecule has 0 saturated carbocycles. The Kier molecular flexibility index (Phi) is 31.9. The Labute approximate surface area is 202 Å². The minimum atomic E-state index is -0.657. The van der Waals surface area contributed by atoms with E-state index in [1.54, 1.807) is 0 Å². The van der Waals surface area contributed by atoms with Crippen LogP contribution >= 0.6 is 0 Å². The normalized spacial score (nSPS) is 10.9. The SMILES string of the molecule is CCCCCCCCCCCCCC(=O)O.CCCCCCCCCCNCCN(C)C. The molecule has 4 nitrogen and oxygen atoms in total. The van der Waals surface area contributed by atoms with Gasteiger partial charge in [0.05, 0.1) is 0 Å². The van der Waals surface area contributed by atoms with Crippen LogP contribution < -0.4 is 5.32 Å². The second-order valence-corrected chi connectivity index (χ2v) is 9.71. The molecular formula is C28H60N2O2. The standard InChI is InChI=1S/C14H32N2.C14H28O2/c1-4-5-6-7-8-9-10-11-12-15-13-14-16(2)3;1-2-3-4-5-6-7-8-9-10-11-12-13-14(15)16/h15H,4-14H2,1-3H3;2-13H2,1H3,(H,15,16). The van der Waals surface area contributed by atoms with E-state index < -0.39 is 5.97 Å². The number of unbranched alkanes of at least 4 members (excludes halogenated alkanes) is 17. The van der Waals surface area contributed by atoms with Crippen molar-refractivity contribution in [2.75, 3.05) is 33.7 Å². The van der Waals surface area contributed by atoms with Gasteiger partial charge in [0.15, 0.2) is 0 Å². The van der Waals surface area contributed by atoms with Crippen molar-refractivity contribution in [3.05, 3.63) is 0 Å². The highest BCUT2D eigenvalue weighted by atomic mass is 16.4. The zero-order valence-electron chi connectivity index (χ0n) is 22.6. The monoisotopic (exact) mass is 456 g/mol. The molecule has 0 fully saturated rings. The van der Waals surface area contributed by atoms with Gasteiger partial charge in [-0.3, -0.25) is 4.79 Å². The minimum absolute atomic E-state index is 0.344. The van der Waals surface area contributed by atoms with Crippen molar-refractivity contribution in [2.24, 2.45) is 0 Å². The molecule has 0 rings (SSSR count). The first-order chi connectivity index (χ1) is 15.5. The topological polar surface area (TPSA) is 52.6 Å². The van der Waals surface area contributed by atoms with Gasteiger partial charge in [-0.1, -0.05) is 123 Å². The van der Waals surface area contributed by atoms with Crippen LogP contribution in [0.1, 0.15) is 142 Å². The van der Waals surface area contributed by atoms with E-state index in [0.717, 1.165) is 25.9 Å². The van der Waals surface area contributed by atoms with Gasteiger partial charge in [-0.25, -0.2) is 0 Å². The van der Waals surface area contributed by atoms with Crippen LogP contribution in [0.5, 0.6) is 0 Å². The van der Waals surface area contributed by atoms with Crippen LogP contribution in [0.2, 0.25) is 0 Å². The molecule has 0 aliphatic rings. The Hall–Kier alpha value is -0.610. The number of aliphatic carboxylic acids is 1. The van der Waals surface area contributed by atoms with Crippen molar-refractivity contribution in [3.8, 4) is 0 Å². The lowest BCUT2D eigenvalue weighted by Gasteiger charge is -2.10. The van der Waals surface area contributed by atoms with Crippen molar-refractivity contribution in [3.63, 3.8) is 0 Å². The number of likely N-dealkylation sites (N-methyl/N-ethyl adjacent to an activating group) is 1. The van der Waals surface area contributed by atoms with Gasteiger partial charge in [0.1, 0.15) is 0 Å². The van der Waals surface area contributed by atoms with Gasteiger partial charge in [0.25, 0.3) is 0 Å². The third kappa shape index (κ3) is 36.7. The van der Waals surface area contributed by atoms with Crippen LogP contribution in [0, 0.1) is 0 Å². The molecule has 0 aromatic carbocycles. The molecule has 0 heterocycles.